The first-order valence-corrected chi connectivity index (χ1v) is 3.79. The summed E-state index contributed by atoms with van der Waals surface area (Å²) in [6.07, 6.45) is 1.63. The van der Waals surface area contributed by atoms with Crippen molar-refractivity contribution in [3.63, 3.8) is 0 Å². The van der Waals surface area contributed by atoms with Gasteiger partial charge in [-0.25, -0.2) is 0 Å². The highest BCUT2D eigenvalue weighted by Gasteiger charge is 2.01. The molecule has 1 heterocycles. The number of anilines is 1. The predicted octanol–water partition coefficient (Wildman–Crippen LogP) is -0.204. The minimum absolute atomic E-state index is 0.186. The van der Waals surface area contributed by atoms with Crippen LogP contribution in [0.1, 0.15) is 0 Å². The number of aromatic amines is 1. The number of H-pyrrole nitrogens is 1. The van der Waals surface area contributed by atoms with E-state index in [1.807, 2.05) is 0 Å². The zero-order valence-electron chi connectivity index (χ0n) is 7.66. The van der Waals surface area contributed by atoms with Crippen molar-refractivity contribution in [2.45, 2.75) is 6.73 Å². The molecule has 0 bridgehead atoms. The monoisotopic (exact) mass is 187 g/mol. The molecule has 0 aliphatic heterocycles. The molecule has 1 rings (SSSR count). The molecule has 1 aromatic heterocycles. The average Bonchev–Trinajstić information content (AvgIpc) is 2.44. The summed E-state index contributed by atoms with van der Waals surface area (Å²) in [6, 6.07) is 0. The first kappa shape index (κ1) is 9.82. The normalized spacial score (nSPS) is 10.3. The Balaban J connectivity index is 2.66. The second kappa shape index (κ2) is 4.68. The molecule has 0 radical (unpaired) electrons. The summed E-state index contributed by atoms with van der Waals surface area (Å²) < 4.78 is 11.1. The number of hydrogen-bond donors (Lipinski definition) is 2. The summed E-state index contributed by atoms with van der Waals surface area (Å²) in [4.78, 5) is 11.2. The Labute approximate surface area is 75.4 Å². The molecule has 74 valence electrons. The zero-order valence-corrected chi connectivity index (χ0v) is 7.66. The third-order valence-corrected chi connectivity index (χ3v) is 1.45. The fourth-order valence-corrected chi connectivity index (χ4v) is 0.922. The molecule has 6 heteroatoms. The van der Waals surface area contributed by atoms with Crippen molar-refractivity contribution in [3.05, 3.63) is 16.6 Å². The summed E-state index contributed by atoms with van der Waals surface area (Å²) in [5, 5.41) is 5.37. The number of ether oxygens (including phenoxy) is 2. The van der Waals surface area contributed by atoms with Gasteiger partial charge in [-0.2, -0.15) is 0 Å². The minimum Gasteiger partial charge on any atom is -0.365 e. The van der Waals surface area contributed by atoms with Crippen molar-refractivity contribution >= 4 is 5.69 Å². The Morgan fingerprint density at radius 2 is 2.31 bits per heavy atom. The van der Waals surface area contributed by atoms with Crippen molar-refractivity contribution in [2.24, 2.45) is 0 Å². The van der Waals surface area contributed by atoms with Crippen LogP contribution in [0.3, 0.4) is 0 Å². The second-order valence-corrected chi connectivity index (χ2v) is 2.48. The van der Waals surface area contributed by atoms with Gasteiger partial charge in [0.05, 0.1) is 6.20 Å². The van der Waals surface area contributed by atoms with E-state index in [0.717, 1.165) is 0 Å². The second-order valence-electron chi connectivity index (χ2n) is 2.48. The van der Waals surface area contributed by atoms with Gasteiger partial charge in [0.25, 0.3) is 5.56 Å². The van der Waals surface area contributed by atoms with Gasteiger partial charge in [-0.1, -0.05) is 0 Å². The van der Waals surface area contributed by atoms with Crippen LogP contribution in [0.4, 0.5) is 5.69 Å². The molecule has 0 atom stereocenters. The first-order chi connectivity index (χ1) is 6.27. The quantitative estimate of drug-likeness (QED) is 0.626. The van der Waals surface area contributed by atoms with Crippen LogP contribution in [0.15, 0.2) is 11.0 Å². The Morgan fingerprint density at radius 1 is 1.54 bits per heavy atom. The average molecular weight is 187 g/mol. The Bertz CT molecular complexity index is 304. The summed E-state index contributed by atoms with van der Waals surface area (Å²) in [6.45, 7) is 0.629. The lowest BCUT2D eigenvalue weighted by Gasteiger charge is -1.99. The van der Waals surface area contributed by atoms with Crippen LogP contribution >= 0.6 is 0 Å². The van der Waals surface area contributed by atoms with Crippen LogP contribution in [0.5, 0.6) is 0 Å². The molecule has 1 aromatic rings. The van der Waals surface area contributed by atoms with Crippen molar-refractivity contribution in [3.8, 4) is 0 Å². The largest absolute Gasteiger partial charge is 0.365 e. The molecule has 0 amide bonds. The molecule has 0 spiro atoms. The van der Waals surface area contributed by atoms with Gasteiger partial charge in [0.15, 0.2) is 0 Å². The number of hydrogen-bond acceptors (Lipinski definition) is 4. The van der Waals surface area contributed by atoms with Crippen LogP contribution in [-0.2, 0) is 16.2 Å². The van der Waals surface area contributed by atoms with E-state index in [0.29, 0.717) is 19.1 Å². The lowest BCUT2D eigenvalue weighted by molar-refractivity contribution is 0.120. The fraction of sp³-hybridized carbons (Fsp3) is 0.571. The van der Waals surface area contributed by atoms with Crippen LogP contribution in [-0.4, -0.2) is 30.7 Å². The van der Waals surface area contributed by atoms with E-state index in [1.54, 1.807) is 25.1 Å². The molecule has 0 saturated heterocycles. The zero-order chi connectivity index (χ0) is 9.68. The van der Waals surface area contributed by atoms with Gasteiger partial charge in [-0.3, -0.25) is 14.6 Å². The Kier molecular flexibility index (Phi) is 3.53. The van der Waals surface area contributed by atoms with Gasteiger partial charge >= 0.3 is 0 Å². The SMILES string of the molecule is COCNc1cn(COC)[nH]c1=O. The van der Waals surface area contributed by atoms with Crippen molar-refractivity contribution in [1.29, 1.82) is 0 Å². The van der Waals surface area contributed by atoms with Crippen molar-refractivity contribution in [1.82, 2.24) is 9.78 Å². The molecule has 0 aromatic carbocycles. The maximum absolute atomic E-state index is 11.2. The minimum atomic E-state index is -0.186. The predicted molar refractivity (Wildman–Crippen MR) is 47.6 cm³/mol. The van der Waals surface area contributed by atoms with Gasteiger partial charge < -0.3 is 14.8 Å². The molecular weight excluding hydrogens is 174 g/mol. The van der Waals surface area contributed by atoms with E-state index in [1.165, 1.54) is 0 Å². The number of rotatable bonds is 5. The topological polar surface area (TPSA) is 68.3 Å². The lowest BCUT2D eigenvalue weighted by Crippen LogP contribution is -2.11. The molecule has 2 N–H and O–H groups in total. The molecule has 0 fully saturated rings. The fourth-order valence-electron chi connectivity index (χ4n) is 0.922. The summed E-state index contributed by atoms with van der Waals surface area (Å²) in [5.74, 6) is 0. The highest BCUT2D eigenvalue weighted by atomic mass is 16.5. The van der Waals surface area contributed by atoms with Crippen LogP contribution in [0, 0.1) is 0 Å². The van der Waals surface area contributed by atoms with Crippen molar-refractivity contribution < 1.29 is 9.47 Å². The van der Waals surface area contributed by atoms with Crippen molar-refractivity contribution in [2.75, 3.05) is 26.3 Å². The number of nitrogens with one attached hydrogen (secondary N) is 2. The van der Waals surface area contributed by atoms with Gasteiger partial charge in [0, 0.05) is 14.2 Å². The molecule has 0 aliphatic rings. The van der Waals surface area contributed by atoms with Gasteiger partial charge in [0.2, 0.25) is 0 Å². The molecule has 6 nitrogen and oxygen atoms in total. The third kappa shape index (κ3) is 2.60. The highest BCUT2D eigenvalue weighted by molar-refractivity contribution is 5.37. The lowest BCUT2D eigenvalue weighted by atomic mass is 10.6. The summed E-state index contributed by atoms with van der Waals surface area (Å²) in [7, 11) is 3.11. The van der Waals surface area contributed by atoms with Crippen LogP contribution in [0.25, 0.3) is 0 Å². The maximum Gasteiger partial charge on any atom is 0.287 e. The van der Waals surface area contributed by atoms with Crippen LogP contribution in [0.2, 0.25) is 0 Å². The molecule has 13 heavy (non-hydrogen) atoms. The summed E-state index contributed by atoms with van der Waals surface area (Å²) >= 11 is 0. The number of methoxy groups -OCH3 is 2. The highest BCUT2D eigenvalue weighted by Crippen LogP contribution is 1.96. The van der Waals surface area contributed by atoms with E-state index in [-0.39, 0.29) is 5.56 Å². The summed E-state index contributed by atoms with van der Waals surface area (Å²) in [5.41, 5.74) is 0.285. The number of nitrogens with zero attached hydrogens (tertiary/aromatic N) is 1. The van der Waals surface area contributed by atoms with Gasteiger partial charge in [-0.05, 0) is 0 Å². The maximum atomic E-state index is 11.2. The Morgan fingerprint density at radius 3 is 2.92 bits per heavy atom. The van der Waals surface area contributed by atoms with E-state index in [9.17, 15) is 4.79 Å². The van der Waals surface area contributed by atoms with E-state index >= 15 is 0 Å². The smallest absolute Gasteiger partial charge is 0.287 e. The molecule has 0 unspecified atom stereocenters. The first-order valence-electron chi connectivity index (χ1n) is 3.79. The standard InChI is InChI=1S/C7H13N3O3/c1-12-4-8-6-3-10(5-13-2)9-7(6)11/h3,8H,4-5H2,1-2H3,(H,9,11). The van der Waals surface area contributed by atoms with E-state index in [2.05, 4.69) is 10.4 Å². The molecule has 0 aliphatic carbocycles. The van der Waals surface area contributed by atoms with Gasteiger partial charge in [-0.15, -0.1) is 0 Å². The third-order valence-electron chi connectivity index (χ3n) is 1.45. The molecule has 0 saturated carbocycles. The van der Waals surface area contributed by atoms with E-state index < -0.39 is 0 Å². The Hall–Kier alpha value is -1.27. The number of aromatic nitrogens is 2. The van der Waals surface area contributed by atoms with E-state index in [4.69, 9.17) is 9.47 Å². The molecular formula is C7H13N3O3. The van der Waals surface area contributed by atoms with Crippen LogP contribution < -0.4 is 10.9 Å². The van der Waals surface area contributed by atoms with Gasteiger partial charge in [0.1, 0.15) is 19.1 Å².